The number of halogens is 1. The number of fused-ring (bicyclic) bond motifs is 4. The molecule has 0 radical (unpaired) electrons. The van der Waals surface area contributed by atoms with Gasteiger partial charge in [-0.3, -0.25) is 4.98 Å². The fraction of sp³-hybridized carbons (Fsp3) is 0.269. The molecule has 2 unspecified atom stereocenters. The lowest BCUT2D eigenvalue weighted by atomic mass is 9.97. The van der Waals surface area contributed by atoms with Gasteiger partial charge in [0.05, 0.1) is 12.5 Å². The van der Waals surface area contributed by atoms with Crippen LogP contribution in [0.25, 0.3) is 32.9 Å². The van der Waals surface area contributed by atoms with E-state index < -0.39 is 5.82 Å². The molecule has 7 heteroatoms. The van der Waals surface area contributed by atoms with Crippen molar-refractivity contribution in [2.24, 2.45) is 0 Å². The van der Waals surface area contributed by atoms with Crippen LogP contribution in [0.3, 0.4) is 0 Å². The zero-order valence-corrected chi connectivity index (χ0v) is 18.2. The summed E-state index contributed by atoms with van der Waals surface area (Å²) in [6.45, 7) is 1.62. The number of pyridine rings is 1. The monoisotopic (exact) mass is 439 g/mol. The molecule has 2 aromatic heterocycles. The summed E-state index contributed by atoms with van der Waals surface area (Å²) in [6.07, 6.45) is 9.69. The van der Waals surface area contributed by atoms with Crippen LogP contribution in [-0.2, 0) is 0 Å². The minimum Gasteiger partial charge on any atom is -0.467 e. The maximum absolute atomic E-state index is 16.1. The van der Waals surface area contributed by atoms with Gasteiger partial charge < -0.3 is 15.0 Å². The second-order valence-electron chi connectivity index (χ2n) is 8.61. The molecular weight excluding hydrogens is 417 g/mol. The number of benzene rings is 2. The van der Waals surface area contributed by atoms with E-state index in [0.717, 1.165) is 36.7 Å². The highest BCUT2D eigenvalue weighted by Gasteiger charge is 2.34. The molecule has 6 nitrogen and oxygen atoms in total. The van der Waals surface area contributed by atoms with Crippen molar-refractivity contribution in [1.29, 1.82) is 0 Å². The molecule has 2 bridgehead atoms. The van der Waals surface area contributed by atoms with Crippen molar-refractivity contribution in [3.05, 3.63) is 54.0 Å². The molecule has 2 aliphatic heterocycles. The normalized spacial score (nSPS) is 19.7. The smallest absolute Gasteiger partial charge is 0.318 e. The molecular formula is C26H22FN5O. The van der Waals surface area contributed by atoms with Gasteiger partial charge in [0.1, 0.15) is 17.0 Å². The second-order valence-corrected chi connectivity index (χ2v) is 8.61. The molecule has 4 aromatic rings. The molecule has 2 fully saturated rings. The number of terminal acetylenes is 1. The van der Waals surface area contributed by atoms with Crippen molar-refractivity contribution in [3.8, 4) is 29.6 Å². The summed E-state index contributed by atoms with van der Waals surface area (Å²) < 4.78 is 21.4. The standard InChI is InChI=1S/C26H22FN5O/c1-3-15-6-4-7-16-8-5-9-19(21(15)16)23-22(27)24-20(12-28-23)25(31-26(30-24)33-2)32-13-17-10-11-18(14-32)29-17/h1,4-9,12,17-18,29H,10-11,13-14H2,2H3. The van der Waals surface area contributed by atoms with Crippen molar-refractivity contribution < 1.29 is 9.13 Å². The number of rotatable bonds is 3. The van der Waals surface area contributed by atoms with Gasteiger partial charge in [0.25, 0.3) is 0 Å². The Bertz CT molecular complexity index is 1430. The van der Waals surface area contributed by atoms with Crippen LogP contribution >= 0.6 is 0 Å². The summed E-state index contributed by atoms with van der Waals surface area (Å²) >= 11 is 0. The van der Waals surface area contributed by atoms with Gasteiger partial charge in [-0.2, -0.15) is 9.97 Å². The maximum Gasteiger partial charge on any atom is 0.318 e. The fourth-order valence-corrected chi connectivity index (χ4v) is 5.17. The van der Waals surface area contributed by atoms with Crippen LogP contribution in [-0.4, -0.2) is 47.2 Å². The number of hydrogen-bond acceptors (Lipinski definition) is 6. The Labute approximate surface area is 190 Å². The Morgan fingerprint density at radius 1 is 1.12 bits per heavy atom. The molecule has 0 saturated carbocycles. The molecule has 1 N–H and O–H groups in total. The van der Waals surface area contributed by atoms with Gasteiger partial charge in [0.15, 0.2) is 5.82 Å². The first-order valence-electron chi connectivity index (χ1n) is 11.1. The molecule has 2 aromatic carbocycles. The highest BCUT2D eigenvalue weighted by molar-refractivity contribution is 6.02. The largest absolute Gasteiger partial charge is 0.467 e. The van der Waals surface area contributed by atoms with Crippen LogP contribution in [0, 0.1) is 18.2 Å². The van der Waals surface area contributed by atoms with Crippen LogP contribution in [0.5, 0.6) is 6.01 Å². The number of piperazine rings is 1. The number of nitrogens with zero attached hydrogens (tertiary/aromatic N) is 4. The van der Waals surface area contributed by atoms with Crippen molar-refractivity contribution in [2.75, 3.05) is 25.1 Å². The first kappa shape index (κ1) is 19.9. The van der Waals surface area contributed by atoms with Crippen molar-refractivity contribution in [2.45, 2.75) is 24.9 Å². The first-order chi connectivity index (χ1) is 16.2. The predicted molar refractivity (Wildman–Crippen MR) is 127 cm³/mol. The van der Waals surface area contributed by atoms with Crippen molar-refractivity contribution in [3.63, 3.8) is 0 Å². The summed E-state index contributed by atoms with van der Waals surface area (Å²) in [5.41, 5.74) is 1.74. The molecule has 4 heterocycles. The fourth-order valence-electron chi connectivity index (χ4n) is 5.17. The molecule has 2 atom stereocenters. The van der Waals surface area contributed by atoms with Gasteiger partial charge in [-0.1, -0.05) is 36.3 Å². The highest BCUT2D eigenvalue weighted by Crippen LogP contribution is 2.36. The second kappa shape index (κ2) is 7.68. The van der Waals surface area contributed by atoms with Crippen LogP contribution in [0.1, 0.15) is 18.4 Å². The summed E-state index contributed by atoms with van der Waals surface area (Å²) in [7, 11) is 1.50. The van der Waals surface area contributed by atoms with Gasteiger partial charge in [-0.25, -0.2) is 4.39 Å². The zero-order valence-electron chi connectivity index (χ0n) is 18.2. The van der Waals surface area contributed by atoms with E-state index in [4.69, 9.17) is 11.2 Å². The Morgan fingerprint density at radius 2 is 1.88 bits per heavy atom. The van der Waals surface area contributed by atoms with Gasteiger partial charge in [-0.15, -0.1) is 6.42 Å². The third-order valence-corrected chi connectivity index (χ3v) is 6.66. The number of anilines is 1. The van der Waals surface area contributed by atoms with Crippen LogP contribution in [0.2, 0.25) is 0 Å². The third kappa shape index (κ3) is 3.18. The lowest BCUT2D eigenvalue weighted by Gasteiger charge is -2.34. The quantitative estimate of drug-likeness (QED) is 0.489. The van der Waals surface area contributed by atoms with Gasteiger partial charge in [-0.05, 0) is 24.3 Å². The van der Waals surface area contributed by atoms with E-state index in [2.05, 4.69) is 31.1 Å². The van der Waals surface area contributed by atoms with E-state index in [9.17, 15) is 0 Å². The lowest BCUT2D eigenvalue weighted by molar-refractivity contribution is 0.380. The molecule has 164 valence electrons. The molecule has 0 spiro atoms. The topological polar surface area (TPSA) is 63.2 Å². The van der Waals surface area contributed by atoms with E-state index in [1.807, 2.05) is 36.4 Å². The summed E-state index contributed by atoms with van der Waals surface area (Å²) in [6, 6.07) is 12.4. The molecule has 0 amide bonds. The van der Waals surface area contributed by atoms with Crippen LogP contribution in [0.4, 0.5) is 10.2 Å². The van der Waals surface area contributed by atoms with Gasteiger partial charge in [0.2, 0.25) is 0 Å². The van der Waals surface area contributed by atoms with E-state index >= 15 is 4.39 Å². The van der Waals surface area contributed by atoms with Crippen LogP contribution < -0.4 is 15.0 Å². The SMILES string of the molecule is C#Cc1cccc2cccc(-c3ncc4c(N5CC6CCC(C5)N6)nc(OC)nc4c3F)c12. The van der Waals surface area contributed by atoms with Gasteiger partial charge >= 0.3 is 6.01 Å². The minimum absolute atomic E-state index is 0.140. The minimum atomic E-state index is -0.508. The van der Waals surface area contributed by atoms with E-state index in [1.165, 1.54) is 7.11 Å². The number of ether oxygens (including phenoxy) is 1. The number of nitrogens with one attached hydrogen (secondary N) is 1. The Balaban J connectivity index is 1.57. The Morgan fingerprint density at radius 3 is 2.61 bits per heavy atom. The van der Waals surface area contributed by atoms with E-state index in [1.54, 1.807) is 6.20 Å². The zero-order chi connectivity index (χ0) is 22.5. The average Bonchev–Trinajstić information content (AvgIpc) is 3.20. The summed E-state index contributed by atoms with van der Waals surface area (Å²) in [5.74, 6) is 2.87. The number of hydrogen-bond donors (Lipinski definition) is 1. The summed E-state index contributed by atoms with van der Waals surface area (Å²) in [5, 5.41) is 5.92. The van der Waals surface area contributed by atoms with Gasteiger partial charge in [0, 0.05) is 47.9 Å². The molecule has 0 aliphatic carbocycles. The lowest BCUT2D eigenvalue weighted by Crippen LogP contribution is -2.51. The molecule has 33 heavy (non-hydrogen) atoms. The predicted octanol–water partition coefficient (Wildman–Crippen LogP) is 3.91. The van der Waals surface area contributed by atoms with E-state index in [0.29, 0.717) is 34.4 Å². The molecule has 2 aliphatic rings. The number of methoxy groups -OCH3 is 1. The highest BCUT2D eigenvalue weighted by atomic mass is 19.1. The average molecular weight is 439 g/mol. The van der Waals surface area contributed by atoms with Crippen LogP contribution in [0.15, 0.2) is 42.6 Å². The van der Waals surface area contributed by atoms with Crippen molar-refractivity contribution in [1.82, 2.24) is 20.3 Å². The maximum atomic E-state index is 16.1. The Hall–Kier alpha value is -3.76. The Kier molecular flexibility index (Phi) is 4.63. The number of aromatic nitrogens is 3. The molecule has 2 saturated heterocycles. The van der Waals surface area contributed by atoms with Crippen molar-refractivity contribution >= 4 is 27.5 Å². The first-order valence-corrected chi connectivity index (χ1v) is 11.1. The third-order valence-electron chi connectivity index (χ3n) is 6.66. The molecule has 6 rings (SSSR count). The van der Waals surface area contributed by atoms with E-state index in [-0.39, 0.29) is 17.2 Å². The summed E-state index contributed by atoms with van der Waals surface area (Å²) in [4.78, 5) is 15.7.